The highest BCUT2D eigenvalue weighted by Gasteiger charge is 2.11. The fourth-order valence-corrected chi connectivity index (χ4v) is 2.93. The smallest absolute Gasteiger partial charge is 0.182 e. The Hall–Kier alpha value is -1.90. The zero-order valence-electron chi connectivity index (χ0n) is 10.6. The molecule has 0 saturated heterocycles. The summed E-state index contributed by atoms with van der Waals surface area (Å²) in [6, 6.07) is 13.9. The highest BCUT2D eigenvalue weighted by molar-refractivity contribution is 9.10. The van der Waals surface area contributed by atoms with Gasteiger partial charge in [-0.05, 0) is 55.0 Å². The Morgan fingerprint density at radius 1 is 1.25 bits per heavy atom. The van der Waals surface area contributed by atoms with Crippen LogP contribution in [0.4, 0.5) is 0 Å². The molecular weight excluding hydrogens is 334 g/mol. The molecule has 3 aromatic rings. The van der Waals surface area contributed by atoms with Crippen LogP contribution >= 0.6 is 28.1 Å². The molecule has 1 N–H and O–H groups in total. The number of nitriles is 1. The van der Waals surface area contributed by atoms with Crippen LogP contribution in [0.5, 0.6) is 0 Å². The minimum absolute atomic E-state index is 0.581. The summed E-state index contributed by atoms with van der Waals surface area (Å²) >= 11 is 8.79. The van der Waals surface area contributed by atoms with Crippen LogP contribution in [0.1, 0.15) is 11.1 Å². The van der Waals surface area contributed by atoms with Crippen LogP contribution in [0, 0.1) is 23.0 Å². The second-order valence-corrected chi connectivity index (χ2v) is 5.86. The van der Waals surface area contributed by atoms with Crippen molar-refractivity contribution in [3.8, 4) is 11.8 Å². The predicted octanol–water partition coefficient (Wildman–Crippen LogP) is 4.63. The molecule has 0 aliphatic heterocycles. The molecule has 0 amide bonds. The second kappa shape index (κ2) is 4.89. The van der Waals surface area contributed by atoms with Gasteiger partial charge in [0.15, 0.2) is 4.77 Å². The van der Waals surface area contributed by atoms with Crippen LogP contribution in [-0.4, -0.2) is 9.55 Å². The Balaban J connectivity index is 2.39. The third kappa shape index (κ3) is 2.07. The summed E-state index contributed by atoms with van der Waals surface area (Å²) in [4.78, 5) is 3.19. The predicted molar refractivity (Wildman–Crippen MR) is 85.6 cm³/mol. The van der Waals surface area contributed by atoms with Gasteiger partial charge in [0.05, 0.1) is 22.3 Å². The average molecular weight is 344 g/mol. The molecule has 0 bridgehead atoms. The third-order valence-corrected chi connectivity index (χ3v) is 3.94. The number of aromatic amines is 1. The number of nitrogens with one attached hydrogen (secondary N) is 1. The normalized spacial score (nSPS) is 10.7. The summed E-state index contributed by atoms with van der Waals surface area (Å²) in [5.74, 6) is 0. The van der Waals surface area contributed by atoms with Gasteiger partial charge in [0.25, 0.3) is 0 Å². The van der Waals surface area contributed by atoms with E-state index in [-0.39, 0.29) is 0 Å². The molecule has 2 aromatic carbocycles. The fraction of sp³-hybridized carbons (Fsp3) is 0.0667. The lowest BCUT2D eigenvalue weighted by Gasteiger charge is -2.07. The monoisotopic (exact) mass is 343 g/mol. The average Bonchev–Trinajstić information content (AvgIpc) is 2.73. The molecule has 20 heavy (non-hydrogen) atoms. The SMILES string of the molecule is Cc1ccc2c(c1)[nH]c(=S)n2-c1ccc(Br)cc1C#N. The van der Waals surface area contributed by atoms with Crippen LogP contribution < -0.4 is 0 Å². The molecule has 0 spiro atoms. The fourth-order valence-electron chi connectivity index (χ4n) is 2.26. The maximum atomic E-state index is 9.32. The van der Waals surface area contributed by atoms with E-state index in [1.807, 2.05) is 41.8 Å². The molecule has 0 unspecified atom stereocenters. The highest BCUT2D eigenvalue weighted by Crippen LogP contribution is 2.25. The van der Waals surface area contributed by atoms with Gasteiger partial charge < -0.3 is 4.98 Å². The molecule has 3 rings (SSSR count). The maximum Gasteiger partial charge on any atom is 0.182 e. The number of fused-ring (bicyclic) bond motifs is 1. The minimum atomic E-state index is 0.581. The van der Waals surface area contributed by atoms with Crippen molar-refractivity contribution in [2.45, 2.75) is 6.92 Å². The number of hydrogen-bond donors (Lipinski definition) is 1. The molecule has 0 aliphatic rings. The summed E-state index contributed by atoms with van der Waals surface area (Å²) < 4.78 is 3.36. The number of benzene rings is 2. The zero-order chi connectivity index (χ0) is 14.3. The summed E-state index contributed by atoms with van der Waals surface area (Å²) in [6.45, 7) is 2.04. The Labute approximate surface area is 129 Å². The number of aromatic nitrogens is 2. The first-order valence-electron chi connectivity index (χ1n) is 6.01. The largest absolute Gasteiger partial charge is 0.330 e. The van der Waals surface area contributed by atoms with Gasteiger partial charge in [0.2, 0.25) is 0 Å². The summed E-state index contributed by atoms with van der Waals surface area (Å²) in [5.41, 5.74) is 4.48. The van der Waals surface area contributed by atoms with E-state index in [1.165, 1.54) is 0 Å². The molecule has 3 nitrogen and oxygen atoms in total. The Bertz CT molecular complexity index is 915. The standard InChI is InChI=1S/C15H10BrN3S/c1-9-2-4-14-12(6-9)18-15(20)19(14)13-5-3-11(16)7-10(13)8-17/h2-7H,1H3,(H,18,20). The lowest BCUT2D eigenvalue weighted by Crippen LogP contribution is -1.97. The van der Waals surface area contributed by atoms with Crippen LogP contribution in [0.3, 0.4) is 0 Å². The van der Waals surface area contributed by atoms with E-state index in [1.54, 1.807) is 6.07 Å². The molecule has 98 valence electrons. The first-order valence-corrected chi connectivity index (χ1v) is 7.21. The van der Waals surface area contributed by atoms with Crippen molar-refractivity contribution in [2.24, 2.45) is 0 Å². The molecule has 0 aliphatic carbocycles. The van der Waals surface area contributed by atoms with Crippen molar-refractivity contribution in [3.05, 3.63) is 56.8 Å². The van der Waals surface area contributed by atoms with E-state index >= 15 is 0 Å². The molecule has 1 aromatic heterocycles. The summed E-state index contributed by atoms with van der Waals surface area (Å²) in [5, 5.41) is 9.32. The van der Waals surface area contributed by atoms with Crippen molar-refractivity contribution in [1.82, 2.24) is 9.55 Å². The number of imidazole rings is 1. The van der Waals surface area contributed by atoms with E-state index in [2.05, 4.69) is 27.0 Å². The van der Waals surface area contributed by atoms with Gasteiger partial charge in [0, 0.05) is 4.47 Å². The lowest BCUT2D eigenvalue weighted by atomic mass is 10.2. The number of nitrogens with zero attached hydrogens (tertiary/aromatic N) is 2. The van der Waals surface area contributed by atoms with Crippen molar-refractivity contribution >= 4 is 39.2 Å². The number of halogens is 1. The van der Waals surface area contributed by atoms with E-state index in [4.69, 9.17) is 12.2 Å². The van der Waals surface area contributed by atoms with Crippen molar-refractivity contribution < 1.29 is 0 Å². The molecule has 0 saturated carbocycles. The molecule has 5 heteroatoms. The number of H-pyrrole nitrogens is 1. The van der Waals surface area contributed by atoms with Crippen LogP contribution in [0.25, 0.3) is 16.7 Å². The van der Waals surface area contributed by atoms with Gasteiger partial charge in [-0.1, -0.05) is 22.0 Å². The molecule has 0 atom stereocenters. The molecule has 0 fully saturated rings. The van der Waals surface area contributed by atoms with Crippen molar-refractivity contribution in [2.75, 3.05) is 0 Å². The van der Waals surface area contributed by atoms with Gasteiger partial charge in [-0.25, -0.2) is 0 Å². The summed E-state index contributed by atoms with van der Waals surface area (Å²) in [7, 11) is 0. The first-order chi connectivity index (χ1) is 9.60. The molecule has 0 radical (unpaired) electrons. The Kier molecular flexibility index (Phi) is 3.20. The third-order valence-electron chi connectivity index (χ3n) is 3.16. The van der Waals surface area contributed by atoms with E-state index in [0.29, 0.717) is 10.3 Å². The van der Waals surface area contributed by atoms with Gasteiger partial charge in [-0.3, -0.25) is 4.57 Å². The number of rotatable bonds is 1. The lowest BCUT2D eigenvalue weighted by molar-refractivity contribution is 1.06. The Morgan fingerprint density at radius 3 is 2.80 bits per heavy atom. The van der Waals surface area contributed by atoms with Gasteiger partial charge >= 0.3 is 0 Å². The molecule has 1 heterocycles. The minimum Gasteiger partial charge on any atom is -0.330 e. The van der Waals surface area contributed by atoms with Crippen LogP contribution in [-0.2, 0) is 0 Å². The van der Waals surface area contributed by atoms with Crippen LogP contribution in [0.15, 0.2) is 40.9 Å². The van der Waals surface area contributed by atoms with Crippen LogP contribution in [0.2, 0.25) is 0 Å². The second-order valence-electron chi connectivity index (χ2n) is 4.56. The number of aryl methyl sites for hydroxylation is 1. The molecular formula is C15H10BrN3S. The summed E-state index contributed by atoms with van der Waals surface area (Å²) in [6.07, 6.45) is 0. The van der Waals surface area contributed by atoms with E-state index in [0.717, 1.165) is 26.8 Å². The Morgan fingerprint density at radius 2 is 2.05 bits per heavy atom. The van der Waals surface area contributed by atoms with Crippen molar-refractivity contribution in [3.63, 3.8) is 0 Å². The highest BCUT2D eigenvalue weighted by atomic mass is 79.9. The van der Waals surface area contributed by atoms with Crippen molar-refractivity contribution in [1.29, 1.82) is 5.26 Å². The number of hydrogen-bond acceptors (Lipinski definition) is 2. The van der Waals surface area contributed by atoms with E-state index in [9.17, 15) is 5.26 Å². The van der Waals surface area contributed by atoms with Gasteiger partial charge in [-0.2, -0.15) is 5.26 Å². The zero-order valence-corrected chi connectivity index (χ0v) is 13.0. The van der Waals surface area contributed by atoms with E-state index < -0.39 is 0 Å². The van der Waals surface area contributed by atoms with Gasteiger partial charge in [0.1, 0.15) is 6.07 Å². The first kappa shape index (κ1) is 13.1. The quantitative estimate of drug-likeness (QED) is 0.654. The topological polar surface area (TPSA) is 44.5 Å². The maximum absolute atomic E-state index is 9.32. The van der Waals surface area contributed by atoms with Gasteiger partial charge in [-0.15, -0.1) is 0 Å².